The Morgan fingerprint density at radius 2 is 0.589 bits per heavy atom. The lowest BCUT2D eigenvalue weighted by atomic mass is 9.59. The lowest BCUT2D eigenvalue weighted by molar-refractivity contribution is 0.707. The average Bonchev–Trinajstić information content (AvgIpc) is 0.880. The van der Waals surface area contributed by atoms with Gasteiger partial charge in [-0.25, -0.2) is 0 Å². The molecule has 0 N–H and O–H groups in total. The fraction of sp³-hybridized carbons (Fsp3) is 0.0189. The highest BCUT2D eigenvalue weighted by molar-refractivity contribution is 7.99. The van der Waals surface area contributed by atoms with Gasteiger partial charge >= 0.3 is 0 Å². The van der Waals surface area contributed by atoms with E-state index in [1.54, 1.807) is 0 Å². The van der Waals surface area contributed by atoms with Gasteiger partial charge in [0.05, 0.1) is 32.9 Å². The molecule has 24 rings (SSSR count). The maximum absolute atomic E-state index is 2.54. The molecule has 4 heterocycles. The quantitative estimate of drug-likeness (QED) is 0.143. The van der Waals surface area contributed by atoms with Crippen LogP contribution in [0.2, 0.25) is 0 Å². The second-order valence-corrected chi connectivity index (χ2v) is 32.3. The van der Waals surface area contributed by atoms with Crippen molar-refractivity contribution in [2.24, 2.45) is 0 Å². The fourth-order valence-corrected chi connectivity index (χ4v) is 22.5. The van der Waals surface area contributed by atoms with Crippen LogP contribution in [0.3, 0.4) is 0 Å². The zero-order valence-electron chi connectivity index (χ0n) is 60.7. The molecule has 522 valence electrons. The van der Waals surface area contributed by atoms with Crippen LogP contribution in [0.1, 0.15) is 44.5 Å². The zero-order valence-corrected chi connectivity index (χ0v) is 62.3. The van der Waals surface area contributed by atoms with Gasteiger partial charge in [-0.2, -0.15) is 0 Å². The van der Waals surface area contributed by atoms with Crippen molar-refractivity contribution in [3.8, 4) is 44.8 Å². The van der Waals surface area contributed by atoms with Crippen molar-refractivity contribution in [1.82, 2.24) is 9.13 Å². The number of aromatic nitrogens is 2. The first-order valence-corrected chi connectivity index (χ1v) is 40.2. The van der Waals surface area contributed by atoms with E-state index in [4.69, 9.17) is 0 Å². The molecule has 2 aliphatic carbocycles. The summed E-state index contributed by atoms with van der Waals surface area (Å²) in [4.78, 5) is 10.1. The van der Waals surface area contributed by atoms with Crippen molar-refractivity contribution in [3.63, 3.8) is 0 Å². The molecule has 0 fully saturated rings. The Morgan fingerprint density at radius 1 is 0.205 bits per heavy atom. The molecular weight excluding hydrogens is 1390 g/mol. The third-order valence-electron chi connectivity index (χ3n) is 24.5. The highest BCUT2D eigenvalue weighted by Crippen LogP contribution is 2.65. The number of benzene rings is 18. The van der Waals surface area contributed by atoms with Crippen LogP contribution in [0.15, 0.2) is 420 Å². The molecule has 2 spiro atoms. The molecule has 0 saturated heterocycles. The second kappa shape index (κ2) is 24.4. The van der Waals surface area contributed by atoms with Gasteiger partial charge in [-0.1, -0.05) is 266 Å². The summed E-state index contributed by atoms with van der Waals surface area (Å²) in [6.45, 7) is 0. The average molecular weight is 1460 g/mol. The lowest BCUT2D eigenvalue weighted by Gasteiger charge is -2.46. The minimum Gasteiger partial charge on any atom is -0.310 e. The Morgan fingerprint density at radius 3 is 1.12 bits per heavy atom. The summed E-state index contributed by atoms with van der Waals surface area (Å²) in [6, 6.07) is 151. The molecule has 0 unspecified atom stereocenters. The molecule has 20 aromatic rings. The third kappa shape index (κ3) is 8.99. The van der Waals surface area contributed by atoms with Gasteiger partial charge in [0.2, 0.25) is 0 Å². The summed E-state index contributed by atoms with van der Waals surface area (Å²) in [5.41, 5.74) is 29.8. The van der Waals surface area contributed by atoms with Crippen LogP contribution in [0, 0.1) is 0 Å². The van der Waals surface area contributed by atoms with Crippen LogP contribution in [-0.4, -0.2) is 9.13 Å². The fourth-order valence-electron chi connectivity index (χ4n) is 20.1. The normalized spacial score (nSPS) is 13.6. The van der Waals surface area contributed by atoms with E-state index in [0.29, 0.717) is 0 Å². The van der Waals surface area contributed by atoms with Crippen molar-refractivity contribution in [2.45, 2.75) is 30.4 Å². The van der Waals surface area contributed by atoms with Gasteiger partial charge in [-0.15, -0.1) is 0 Å². The van der Waals surface area contributed by atoms with Crippen LogP contribution in [0.5, 0.6) is 0 Å². The number of nitrogens with zero attached hydrogens (tertiary/aromatic N) is 4. The van der Waals surface area contributed by atoms with Crippen molar-refractivity contribution < 1.29 is 0 Å². The SMILES string of the molecule is c1ccc(N(c2ccc3c(c2)C2(c4ccccc4Sc4ccccc42)c2cccc4cc(-c5cccc(-n6c7ccccc7c7cc(N(c8ccccc8)c8ccc9c(c8)C8(c%10ccccc%10Sc%10ccccc%108)c8cccc%10cccc-9c8%10)ccc76)c5)cc-3c24)c2ccc3c(c2)c2ccccc2n3-c2ccccc2)cc1. The topological polar surface area (TPSA) is 16.3 Å². The Bertz CT molecular complexity index is 7260. The number of anilines is 6. The number of rotatable bonds is 9. The van der Waals surface area contributed by atoms with E-state index in [2.05, 4.69) is 419 Å². The van der Waals surface area contributed by atoms with Crippen LogP contribution in [0.25, 0.3) is 110 Å². The molecular formula is C106H66N4S2. The van der Waals surface area contributed by atoms with Gasteiger partial charge < -0.3 is 18.9 Å². The van der Waals surface area contributed by atoms with Crippen LogP contribution in [-0.2, 0) is 10.8 Å². The number of fused-ring (bicyclic) bond motifs is 22. The lowest BCUT2D eigenvalue weighted by Crippen LogP contribution is -2.36. The number of hydrogen-bond acceptors (Lipinski definition) is 4. The van der Waals surface area contributed by atoms with Gasteiger partial charge in [-0.3, -0.25) is 0 Å². The summed E-state index contributed by atoms with van der Waals surface area (Å²) < 4.78 is 4.89. The van der Waals surface area contributed by atoms with Gasteiger partial charge in [0.25, 0.3) is 0 Å². The molecule has 6 heteroatoms. The predicted octanol–water partition coefficient (Wildman–Crippen LogP) is 28.4. The van der Waals surface area contributed by atoms with E-state index in [9.17, 15) is 0 Å². The minimum atomic E-state index is -0.679. The Hall–Kier alpha value is -13.6. The highest BCUT2D eigenvalue weighted by Gasteiger charge is 2.51. The van der Waals surface area contributed by atoms with E-state index in [1.807, 2.05) is 23.5 Å². The van der Waals surface area contributed by atoms with Crippen LogP contribution in [0.4, 0.5) is 34.1 Å². The molecule has 0 saturated carbocycles. The first kappa shape index (κ1) is 63.3. The molecule has 2 aliphatic heterocycles. The second-order valence-electron chi connectivity index (χ2n) is 30.1. The standard InChI is InChI=1S/C106H66N4S2/c1-4-30-71(31-5-1)107(77-52-56-79-83-39-23-26-67-27-24-44-91(103(67)83)105(93(79)65-77)87-40-12-18-48-99(87)111-100-49-19-13-41-88(100)105)76-55-59-98-85(64-76)82-38-11-17-47-96(82)110(98)74-36-22-28-68(61-74)70-60-69-29-25-45-92-104(69)86(62-70)80-57-53-78(66-94(80)106(92)89-42-14-20-50-101(89)112-102-51-21-15-43-90(102)106)108(72-32-6-2-7-33-72)75-54-58-97-84(63-75)81-37-10-16-46-95(81)109(97)73-34-8-3-9-35-73/h1-66H. The van der Waals surface area contributed by atoms with Gasteiger partial charge in [0.1, 0.15) is 0 Å². The van der Waals surface area contributed by atoms with Crippen LogP contribution >= 0.6 is 23.5 Å². The molecule has 112 heavy (non-hydrogen) atoms. The Kier molecular flexibility index (Phi) is 13.8. The largest absolute Gasteiger partial charge is 0.310 e. The predicted molar refractivity (Wildman–Crippen MR) is 468 cm³/mol. The van der Waals surface area contributed by atoms with Crippen molar-refractivity contribution in [3.05, 3.63) is 445 Å². The van der Waals surface area contributed by atoms with Crippen molar-refractivity contribution in [2.75, 3.05) is 9.80 Å². The summed E-state index contributed by atoms with van der Waals surface area (Å²) in [5, 5.41) is 9.86. The van der Waals surface area contributed by atoms with E-state index in [1.165, 1.54) is 140 Å². The van der Waals surface area contributed by atoms with E-state index < -0.39 is 10.8 Å². The van der Waals surface area contributed by atoms with Gasteiger partial charge in [0, 0.05) is 86.6 Å². The third-order valence-corrected chi connectivity index (χ3v) is 26.8. The summed E-state index contributed by atoms with van der Waals surface area (Å²) in [6.07, 6.45) is 0. The Balaban J connectivity index is 0.672. The van der Waals surface area contributed by atoms with Gasteiger partial charge in [-0.05, 0) is 257 Å². The maximum Gasteiger partial charge on any atom is 0.0736 e. The number of hydrogen-bond donors (Lipinski definition) is 0. The monoisotopic (exact) mass is 1460 g/mol. The van der Waals surface area contributed by atoms with E-state index in [0.717, 1.165) is 67.7 Å². The first-order valence-electron chi connectivity index (χ1n) is 38.6. The summed E-state index contributed by atoms with van der Waals surface area (Å²) in [5.74, 6) is 0. The molecule has 18 aromatic carbocycles. The van der Waals surface area contributed by atoms with Crippen molar-refractivity contribution in [1.29, 1.82) is 0 Å². The summed E-state index contributed by atoms with van der Waals surface area (Å²) >= 11 is 3.78. The van der Waals surface area contributed by atoms with E-state index in [-0.39, 0.29) is 0 Å². The highest BCUT2D eigenvalue weighted by atomic mass is 32.2. The van der Waals surface area contributed by atoms with E-state index >= 15 is 0 Å². The zero-order chi connectivity index (χ0) is 73.3. The molecule has 4 nitrogen and oxygen atoms in total. The van der Waals surface area contributed by atoms with Crippen LogP contribution < -0.4 is 9.80 Å². The molecule has 4 aliphatic rings. The summed E-state index contributed by atoms with van der Waals surface area (Å²) in [7, 11) is 0. The number of para-hydroxylation sites is 5. The van der Waals surface area contributed by atoms with Gasteiger partial charge in [0.15, 0.2) is 0 Å². The molecule has 0 bridgehead atoms. The Labute approximate surface area is 657 Å². The smallest absolute Gasteiger partial charge is 0.0736 e. The molecule has 2 aromatic heterocycles. The molecule has 0 amide bonds. The molecule has 0 atom stereocenters. The molecule has 0 radical (unpaired) electrons. The first-order chi connectivity index (χ1) is 55.5. The maximum atomic E-state index is 2.54. The van der Waals surface area contributed by atoms with Crippen molar-refractivity contribution >= 4 is 123 Å². The minimum absolute atomic E-state index is 0.596.